The third kappa shape index (κ3) is 2.95. The van der Waals surface area contributed by atoms with Gasteiger partial charge in [0.1, 0.15) is 5.69 Å². The summed E-state index contributed by atoms with van der Waals surface area (Å²) in [7, 11) is 1.31. The molecular weight excluding hydrogens is 292 g/mol. The number of anilines is 1. The Labute approximate surface area is 134 Å². The predicted octanol–water partition coefficient (Wildman–Crippen LogP) is 2.71. The minimum atomic E-state index is -0.464. The summed E-state index contributed by atoms with van der Waals surface area (Å²) in [5.74, 6) is -0.225. The van der Waals surface area contributed by atoms with Crippen molar-refractivity contribution < 1.29 is 14.3 Å². The maximum atomic E-state index is 12.8. The van der Waals surface area contributed by atoms with Crippen molar-refractivity contribution in [1.82, 2.24) is 4.98 Å². The number of carbonyl (C=O) groups excluding carboxylic acids is 2. The van der Waals surface area contributed by atoms with E-state index in [9.17, 15) is 9.59 Å². The molecule has 2 heterocycles. The molecule has 0 fully saturated rings. The van der Waals surface area contributed by atoms with Gasteiger partial charge >= 0.3 is 5.97 Å². The number of amides is 1. The van der Waals surface area contributed by atoms with E-state index in [-0.39, 0.29) is 5.91 Å². The highest BCUT2D eigenvalue weighted by Gasteiger charge is 2.27. The Morgan fingerprint density at radius 2 is 2.00 bits per heavy atom. The monoisotopic (exact) mass is 310 g/mol. The molecule has 1 amide bonds. The van der Waals surface area contributed by atoms with Crippen molar-refractivity contribution in [3.05, 3.63) is 59.4 Å². The number of hydrogen-bond donors (Lipinski definition) is 0. The summed E-state index contributed by atoms with van der Waals surface area (Å²) in [5, 5.41) is 0. The third-order valence-electron chi connectivity index (χ3n) is 3.99. The molecule has 0 saturated heterocycles. The van der Waals surface area contributed by atoms with Gasteiger partial charge in [0.15, 0.2) is 0 Å². The van der Waals surface area contributed by atoms with Crippen LogP contribution >= 0.6 is 0 Å². The molecule has 2 aromatic rings. The van der Waals surface area contributed by atoms with E-state index in [2.05, 4.69) is 22.7 Å². The Morgan fingerprint density at radius 3 is 2.70 bits per heavy atom. The second kappa shape index (κ2) is 6.20. The topological polar surface area (TPSA) is 59.5 Å². The lowest BCUT2D eigenvalue weighted by Gasteiger charge is -2.33. The summed E-state index contributed by atoms with van der Waals surface area (Å²) in [6.45, 7) is 2.79. The molecule has 1 aliphatic heterocycles. The zero-order valence-corrected chi connectivity index (χ0v) is 13.2. The number of esters is 1. The minimum Gasteiger partial charge on any atom is -0.465 e. The zero-order chi connectivity index (χ0) is 16.4. The second-order valence-electron chi connectivity index (χ2n) is 5.78. The van der Waals surface area contributed by atoms with E-state index < -0.39 is 5.97 Å². The molecule has 1 aromatic carbocycles. The van der Waals surface area contributed by atoms with Crippen LogP contribution in [0.4, 0.5) is 5.69 Å². The van der Waals surface area contributed by atoms with Gasteiger partial charge in [0.25, 0.3) is 5.91 Å². The molecule has 0 radical (unpaired) electrons. The van der Waals surface area contributed by atoms with Gasteiger partial charge in [-0.1, -0.05) is 25.1 Å². The summed E-state index contributed by atoms with van der Waals surface area (Å²) in [6, 6.07) is 11.1. The molecule has 23 heavy (non-hydrogen) atoms. The third-order valence-corrected chi connectivity index (χ3v) is 3.99. The Morgan fingerprint density at radius 1 is 1.22 bits per heavy atom. The van der Waals surface area contributed by atoms with Gasteiger partial charge in [-0.3, -0.25) is 9.78 Å². The van der Waals surface area contributed by atoms with E-state index in [0.29, 0.717) is 23.7 Å². The summed E-state index contributed by atoms with van der Waals surface area (Å²) in [4.78, 5) is 30.1. The van der Waals surface area contributed by atoms with Gasteiger partial charge in [-0.25, -0.2) is 4.79 Å². The molecule has 1 aromatic heterocycles. The lowest BCUT2D eigenvalue weighted by molar-refractivity contribution is 0.0600. The molecule has 118 valence electrons. The van der Waals surface area contributed by atoms with Gasteiger partial charge in [-0.2, -0.15) is 0 Å². The average molecular weight is 310 g/mol. The van der Waals surface area contributed by atoms with Crippen LogP contribution in [0.3, 0.4) is 0 Å². The van der Waals surface area contributed by atoms with E-state index in [0.717, 1.165) is 12.1 Å². The maximum absolute atomic E-state index is 12.8. The van der Waals surface area contributed by atoms with Crippen LogP contribution in [0.1, 0.15) is 33.3 Å². The first-order valence-corrected chi connectivity index (χ1v) is 7.54. The number of methoxy groups -OCH3 is 1. The van der Waals surface area contributed by atoms with Crippen molar-refractivity contribution >= 4 is 17.6 Å². The summed E-state index contributed by atoms with van der Waals surface area (Å²) in [5.41, 5.74) is 2.76. The molecule has 0 bridgehead atoms. The fourth-order valence-electron chi connectivity index (χ4n) is 2.89. The summed E-state index contributed by atoms with van der Waals surface area (Å²) >= 11 is 0. The highest BCUT2D eigenvalue weighted by atomic mass is 16.5. The van der Waals surface area contributed by atoms with Crippen LogP contribution in [-0.2, 0) is 11.2 Å². The summed E-state index contributed by atoms with van der Waals surface area (Å²) < 4.78 is 4.64. The Bertz CT molecular complexity index is 740. The number of carbonyl (C=O) groups is 2. The number of aromatic nitrogens is 1. The number of rotatable bonds is 2. The molecule has 0 spiro atoms. The Hall–Kier alpha value is -2.69. The van der Waals surface area contributed by atoms with Crippen LogP contribution in [0.15, 0.2) is 42.6 Å². The molecule has 3 rings (SSSR count). The molecule has 0 aliphatic carbocycles. The molecular formula is C18H18N2O3. The quantitative estimate of drug-likeness (QED) is 0.800. The van der Waals surface area contributed by atoms with Crippen LogP contribution in [-0.4, -0.2) is 30.5 Å². The van der Waals surface area contributed by atoms with Gasteiger partial charge in [-0.05, 0) is 36.1 Å². The van der Waals surface area contributed by atoms with Gasteiger partial charge in [0, 0.05) is 18.4 Å². The van der Waals surface area contributed by atoms with Crippen molar-refractivity contribution in [1.29, 1.82) is 0 Å². The zero-order valence-electron chi connectivity index (χ0n) is 13.2. The van der Waals surface area contributed by atoms with E-state index >= 15 is 0 Å². The van der Waals surface area contributed by atoms with Crippen LogP contribution in [0, 0.1) is 5.92 Å². The number of ether oxygens (including phenoxy) is 1. The normalized spacial score (nSPS) is 16.6. The number of hydrogen-bond acceptors (Lipinski definition) is 4. The fourth-order valence-corrected chi connectivity index (χ4v) is 2.89. The predicted molar refractivity (Wildman–Crippen MR) is 86.6 cm³/mol. The molecule has 5 nitrogen and oxygen atoms in total. The average Bonchev–Trinajstić information content (AvgIpc) is 2.59. The van der Waals surface area contributed by atoms with Crippen LogP contribution in [0.5, 0.6) is 0 Å². The van der Waals surface area contributed by atoms with Crippen molar-refractivity contribution in [2.24, 2.45) is 5.92 Å². The second-order valence-corrected chi connectivity index (χ2v) is 5.78. The van der Waals surface area contributed by atoms with Crippen LogP contribution in [0.2, 0.25) is 0 Å². The van der Waals surface area contributed by atoms with Gasteiger partial charge in [-0.15, -0.1) is 0 Å². The van der Waals surface area contributed by atoms with Gasteiger partial charge in [0.2, 0.25) is 0 Å². The Kier molecular flexibility index (Phi) is 4.10. The molecule has 5 heteroatoms. The minimum absolute atomic E-state index is 0.152. The lowest BCUT2D eigenvalue weighted by atomic mass is 9.93. The lowest BCUT2D eigenvalue weighted by Crippen LogP contribution is -2.39. The number of benzene rings is 1. The van der Waals surface area contributed by atoms with Crippen molar-refractivity contribution in [2.75, 3.05) is 18.6 Å². The molecule has 0 saturated carbocycles. The maximum Gasteiger partial charge on any atom is 0.339 e. The standard InChI is InChI=1S/C18H18N2O3/c1-12-9-13-5-3-4-6-16(13)20(11-12)17(21)15-8-7-14(10-19-15)18(22)23-2/h3-8,10,12H,9,11H2,1-2H3/t12-/m0/s1. The molecule has 1 atom stereocenters. The van der Waals surface area contributed by atoms with Gasteiger partial charge in [0.05, 0.1) is 12.7 Å². The Balaban J connectivity index is 1.90. The number of para-hydroxylation sites is 1. The number of nitrogens with zero attached hydrogens (tertiary/aromatic N) is 2. The van der Waals surface area contributed by atoms with Crippen LogP contribution < -0.4 is 4.90 Å². The van der Waals surface area contributed by atoms with Crippen molar-refractivity contribution in [2.45, 2.75) is 13.3 Å². The molecule has 1 aliphatic rings. The SMILES string of the molecule is COC(=O)c1ccc(C(=O)N2C[C@@H](C)Cc3ccccc32)nc1. The number of fused-ring (bicyclic) bond motifs is 1. The van der Waals surface area contributed by atoms with E-state index in [1.54, 1.807) is 17.0 Å². The fraction of sp³-hybridized carbons (Fsp3) is 0.278. The smallest absolute Gasteiger partial charge is 0.339 e. The van der Waals surface area contributed by atoms with E-state index in [4.69, 9.17) is 0 Å². The first kappa shape index (κ1) is 15.2. The van der Waals surface area contributed by atoms with Crippen molar-refractivity contribution in [3.8, 4) is 0 Å². The number of pyridine rings is 1. The first-order valence-electron chi connectivity index (χ1n) is 7.54. The summed E-state index contributed by atoms with van der Waals surface area (Å²) in [6.07, 6.45) is 2.34. The molecule has 0 unspecified atom stereocenters. The molecule has 0 N–H and O–H groups in total. The van der Waals surface area contributed by atoms with E-state index in [1.165, 1.54) is 18.9 Å². The largest absolute Gasteiger partial charge is 0.465 e. The van der Waals surface area contributed by atoms with E-state index in [1.807, 2.05) is 18.2 Å². The van der Waals surface area contributed by atoms with Crippen molar-refractivity contribution in [3.63, 3.8) is 0 Å². The highest BCUT2D eigenvalue weighted by Crippen LogP contribution is 2.30. The van der Waals surface area contributed by atoms with Crippen LogP contribution in [0.25, 0.3) is 0 Å². The van der Waals surface area contributed by atoms with Gasteiger partial charge < -0.3 is 9.64 Å². The first-order chi connectivity index (χ1) is 11.1. The highest BCUT2D eigenvalue weighted by molar-refractivity contribution is 6.05.